The zero-order valence-corrected chi connectivity index (χ0v) is 18.1. The third-order valence-corrected chi connectivity index (χ3v) is 6.25. The van der Waals surface area contributed by atoms with E-state index in [2.05, 4.69) is 0 Å². The molecule has 3 aromatic carbocycles. The molecular weight excluding hydrogens is 413 g/mol. The van der Waals surface area contributed by atoms with Crippen molar-refractivity contribution in [3.05, 3.63) is 82.5 Å². The number of halogens is 1. The highest BCUT2D eigenvalue weighted by molar-refractivity contribution is 8.18. The molecule has 1 fully saturated rings. The number of amides is 2. The van der Waals surface area contributed by atoms with Gasteiger partial charge in [-0.3, -0.25) is 14.5 Å². The number of thioether (sulfide) groups is 1. The number of carbonyl (C=O) groups is 2. The van der Waals surface area contributed by atoms with Gasteiger partial charge in [0.1, 0.15) is 18.2 Å². The lowest BCUT2D eigenvalue weighted by atomic mass is 10.0. The van der Waals surface area contributed by atoms with E-state index in [0.29, 0.717) is 17.1 Å². The fourth-order valence-corrected chi connectivity index (χ4v) is 4.38. The Hall–Kier alpha value is -3.12. The van der Waals surface area contributed by atoms with Crippen molar-refractivity contribution in [1.82, 2.24) is 4.90 Å². The molecule has 4 rings (SSSR count). The number of hydrogen-bond acceptors (Lipinski definition) is 4. The van der Waals surface area contributed by atoms with E-state index in [1.807, 2.05) is 50.2 Å². The molecule has 0 unspecified atom stereocenters. The van der Waals surface area contributed by atoms with Gasteiger partial charge in [-0.2, -0.15) is 0 Å². The van der Waals surface area contributed by atoms with Gasteiger partial charge in [0, 0.05) is 11.6 Å². The second-order valence-corrected chi connectivity index (χ2v) is 8.42. The summed E-state index contributed by atoms with van der Waals surface area (Å²) in [6, 6.07) is 17.6. The van der Waals surface area contributed by atoms with E-state index in [-0.39, 0.29) is 29.6 Å². The van der Waals surface area contributed by atoms with Crippen molar-refractivity contribution in [2.45, 2.75) is 32.9 Å². The molecule has 1 atom stereocenters. The van der Waals surface area contributed by atoms with Gasteiger partial charge in [0.2, 0.25) is 0 Å². The van der Waals surface area contributed by atoms with E-state index in [9.17, 15) is 14.0 Å². The average Bonchev–Trinajstić information content (AvgIpc) is 3.06. The summed E-state index contributed by atoms with van der Waals surface area (Å²) < 4.78 is 19.2. The summed E-state index contributed by atoms with van der Waals surface area (Å²) in [7, 11) is 0. The second-order valence-electron chi connectivity index (χ2n) is 7.42. The topological polar surface area (TPSA) is 46.6 Å². The van der Waals surface area contributed by atoms with Crippen molar-refractivity contribution < 1.29 is 18.7 Å². The van der Waals surface area contributed by atoms with Crippen molar-refractivity contribution in [3.8, 4) is 5.75 Å². The Bertz CT molecular complexity index is 1170. The standard InChI is InChI=1S/C25H22FNO3S/c1-3-16(2)27-24(28)23(31-25(27)29)14-21-20-7-5-4-6-18(20)10-13-22(21)30-15-17-8-11-19(26)12-9-17/h4-14,16H,3,15H2,1-2H3/b23-14+/t16-/m1/s1. The van der Waals surface area contributed by atoms with Crippen LogP contribution in [0.15, 0.2) is 65.6 Å². The molecule has 1 aliphatic heterocycles. The van der Waals surface area contributed by atoms with E-state index < -0.39 is 0 Å². The molecule has 6 heteroatoms. The number of nitrogens with zero attached hydrogens (tertiary/aromatic N) is 1. The first-order chi connectivity index (χ1) is 15.0. The fraction of sp³-hybridized carbons (Fsp3) is 0.200. The normalized spacial score (nSPS) is 16.4. The van der Waals surface area contributed by atoms with Crippen LogP contribution >= 0.6 is 11.8 Å². The highest BCUT2D eigenvalue weighted by Gasteiger charge is 2.37. The maximum absolute atomic E-state index is 13.2. The highest BCUT2D eigenvalue weighted by atomic mass is 32.2. The second kappa shape index (κ2) is 8.94. The third-order valence-electron chi connectivity index (χ3n) is 5.37. The van der Waals surface area contributed by atoms with Crippen LogP contribution in [0.2, 0.25) is 0 Å². The zero-order valence-electron chi connectivity index (χ0n) is 17.3. The van der Waals surface area contributed by atoms with E-state index in [1.165, 1.54) is 17.0 Å². The minimum Gasteiger partial charge on any atom is -0.488 e. The largest absolute Gasteiger partial charge is 0.488 e. The molecule has 0 spiro atoms. The Morgan fingerprint density at radius 3 is 2.55 bits per heavy atom. The van der Waals surface area contributed by atoms with Crippen molar-refractivity contribution in [3.63, 3.8) is 0 Å². The molecule has 158 valence electrons. The molecular formula is C25H22FNO3S. The predicted octanol–water partition coefficient (Wildman–Crippen LogP) is 6.39. The maximum Gasteiger partial charge on any atom is 0.293 e. The number of imide groups is 1. The lowest BCUT2D eigenvalue weighted by Gasteiger charge is -2.19. The van der Waals surface area contributed by atoms with Gasteiger partial charge in [0.15, 0.2) is 0 Å². The zero-order chi connectivity index (χ0) is 22.0. The van der Waals surface area contributed by atoms with Gasteiger partial charge in [-0.1, -0.05) is 49.4 Å². The predicted molar refractivity (Wildman–Crippen MR) is 122 cm³/mol. The van der Waals surface area contributed by atoms with Crippen LogP contribution in [0.5, 0.6) is 5.75 Å². The molecule has 0 saturated carbocycles. The molecule has 0 bridgehead atoms. The van der Waals surface area contributed by atoms with Crippen LogP contribution in [0.25, 0.3) is 16.8 Å². The van der Waals surface area contributed by atoms with Crippen LogP contribution in [-0.4, -0.2) is 22.1 Å². The SMILES string of the molecule is CC[C@@H](C)N1C(=O)S/C(=C/c2c(OCc3ccc(F)cc3)ccc3ccccc23)C1=O. The average molecular weight is 436 g/mol. The minimum absolute atomic E-state index is 0.153. The molecule has 0 N–H and O–H groups in total. The molecule has 3 aromatic rings. The van der Waals surface area contributed by atoms with Gasteiger partial charge in [0.05, 0.1) is 4.91 Å². The molecule has 0 aliphatic carbocycles. The fourth-order valence-electron chi connectivity index (χ4n) is 3.47. The molecule has 0 radical (unpaired) electrons. The van der Waals surface area contributed by atoms with Crippen LogP contribution in [0.4, 0.5) is 9.18 Å². The summed E-state index contributed by atoms with van der Waals surface area (Å²) in [5.74, 6) is 0.0207. The maximum atomic E-state index is 13.2. The molecule has 0 aromatic heterocycles. The highest BCUT2D eigenvalue weighted by Crippen LogP contribution is 2.38. The van der Waals surface area contributed by atoms with Crippen molar-refractivity contribution in [2.24, 2.45) is 0 Å². The number of carbonyl (C=O) groups excluding carboxylic acids is 2. The van der Waals surface area contributed by atoms with Gasteiger partial charge < -0.3 is 4.74 Å². The monoisotopic (exact) mass is 435 g/mol. The summed E-state index contributed by atoms with van der Waals surface area (Å²) in [5.41, 5.74) is 1.58. The van der Waals surface area contributed by atoms with Crippen LogP contribution in [0.3, 0.4) is 0 Å². The smallest absolute Gasteiger partial charge is 0.293 e. The lowest BCUT2D eigenvalue weighted by molar-refractivity contribution is -0.124. The molecule has 1 aliphatic rings. The molecule has 31 heavy (non-hydrogen) atoms. The van der Waals surface area contributed by atoms with Crippen LogP contribution in [-0.2, 0) is 11.4 Å². The lowest BCUT2D eigenvalue weighted by Crippen LogP contribution is -2.36. The van der Waals surface area contributed by atoms with E-state index in [1.54, 1.807) is 18.2 Å². The summed E-state index contributed by atoms with van der Waals surface area (Å²) >= 11 is 0.955. The Labute approximate surface area is 184 Å². The summed E-state index contributed by atoms with van der Waals surface area (Å²) in [4.78, 5) is 27.1. The van der Waals surface area contributed by atoms with Crippen LogP contribution in [0, 0.1) is 5.82 Å². The first-order valence-corrected chi connectivity index (χ1v) is 11.0. The minimum atomic E-state index is -0.299. The molecule has 4 nitrogen and oxygen atoms in total. The Morgan fingerprint density at radius 1 is 1.06 bits per heavy atom. The van der Waals surface area contributed by atoms with Gasteiger partial charge in [-0.25, -0.2) is 4.39 Å². The summed E-state index contributed by atoms with van der Waals surface area (Å²) in [6.45, 7) is 4.08. The third kappa shape index (κ3) is 4.35. The first-order valence-electron chi connectivity index (χ1n) is 10.1. The number of rotatable bonds is 6. The Kier molecular flexibility index (Phi) is 6.09. The van der Waals surface area contributed by atoms with E-state index in [0.717, 1.165) is 33.7 Å². The van der Waals surface area contributed by atoms with Crippen molar-refractivity contribution in [1.29, 1.82) is 0 Å². The van der Waals surface area contributed by atoms with E-state index >= 15 is 0 Å². The molecule has 2 amide bonds. The van der Waals surface area contributed by atoms with Crippen molar-refractivity contribution in [2.75, 3.05) is 0 Å². The molecule has 1 heterocycles. The Balaban J connectivity index is 1.72. The van der Waals surface area contributed by atoms with Crippen molar-refractivity contribution >= 4 is 39.8 Å². The number of hydrogen-bond donors (Lipinski definition) is 0. The van der Waals surface area contributed by atoms with Gasteiger partial charge in [-0.15, -0.1) is 0 Å². The van der Waals surface area contributed by atoms with Crippen LogP contribution < -0.4 is 4.74 Å². The first kappa shape index (κ1) is 21.1. The van der Waals surface area contributed by atoms with Gasteiger partial charge in [0.25, 0.3) is 11.1 Å². The number of fused-ring (bicyclic) bond motifs is 1. The van der Waals surface area contributed by atoms with Gasteiger partial charge in [-0.05, 0) is 65.7 Å². The van der Waals surface area contributed by atoms with E-state index in [4.69, 9.17) is 4.74 Å². The summed E-state index contributed by atoms with van der Waals surface area (Å²) in [6.07, 6.45) is 2.45. The molecule has 1 saturated heterocycles. The summed E-state index contributed by atoms with van der Waals surface area (Å²) in [5, 5.41) is 1.68. The van der Waals surface area contributed by atoms with Crippen LogP contribution in [0.1, 0.15) is 31.4 Å². The number of ether oxygens (including phenoxy) is 1. The Morgan fingerprint density at radius 2 is 1.81 bits per heavy atom. The van der Waals surface area contributed by atoms with Gasteiger partial charge >= 0.3 is 0 Å². The number of benzene rings is 3. The quantitative estimate of drug-likeness (QED) is 0.421.